The molecule has 2 saturated heterocycles. The van der Waals surface area contributed by atoms with Crippen LogP contribution in [0.4, 0.5) is 0 Å². The maximum atomic E-state index is 13.1. The van der Waals surface area contributed by atoms with E-state index in [0.29, 0.717) is 50.3 Å². The van der Waals surface area contributed by atoms with Gasteiger partial charge < -0.3 is 14.4 Å². The fraction of sp³-hybridized carbons (Fsp3) is 0.650. The number of hydrogen-bond acceptors (Lipinski definition) is 5. The van der Waals surface area contributed by atoms with Gasteiger partial charge in [-0.1, -0.05) is 12.1 Å². The van der Waals surface area contributed by atoms with E-state index in [9.17, 15) is 13.2 Å². The third-order valence-electron chi connectivity index (χ3n) is 5.40. The minimum Gasteiger partial charge on any atom is -0.489 e. The molecule has 0 aliphatic carbocycles. The number of rotatable bonds is 7. The van der Waals surface area contributed by atoms with Gasteiger partial charge in [0.1, 0.15) is 11.9 Å². The number of likely N-dealkylation sites (N-methyl/N-ethyl adjacent to an activating group) is 1. The summed E-state index contributed by atoms with van der Waals surface area (Å²) in [6, 6.07) is 7.30. The summed E-state index contributed by atoms with van der Waals surface area (Å²) in [4.78, 5) is 14.9. The first-order chi connectivity index (χ1) is 13.4. The van der Waals surface area contributed by atoms with Crippen LogP contribution in [0, 0.1) is 0 Å². The van der Waals surface area contributed by atoms with Crippen LogP contribution in [0.1, 0.15) is 43.0 Å². The van der Waals surface area contributed by atoms with E-state index in [1.807, 2.05) is 30.0 Å². The molecule has 7 nitrogen and oxygen atoms in total. The van der Waals surface area contributed by atoms with E-state index in [-0.39, 0.29) is 18.1 Å². The summed E-state index contributed by atoms with van der Waals surface area (Å²) in [5.41, 5.74) is 0.549. The second-order valence-electron chi connectivity index (χ2n) is 7.45. The van der Waals surface area contributed by atoms with Gasteiger partial charge in [-0.15, -0.1) is 0 Å². The maximum absolute atomic E-state index is 13.1. The first kappa shape index (κ1) is 21.1. The molecule has 3 rings (SSSR count). The van der Waals surface area contributed by atoms with Crippen molar-refractivity contribution < 1.29 is 22.7 Å². The zero-order valence-electron chi connectivity index (χ0n) is 16.7. The number of ether oxygens (including phenoxy) is 2. The summed E-state index contributed by atoms with van der Waals surface area (Å²) in [6.07, 6.45) is 4.50. The molecule has 2 heterocycles. The molecule has 0 spiro atoms. The normalized spacial score (nSPS) is 21.6. The van der Waals surface area contributed by atoms with Gasteiger partial charge in [-0.2, -0.15) is 0 Å². The molecule has 0 aromatic heterocycles. The summed E-state index contributed by atoms with van der Waals surface area (Å²) in [6.45, 7) is 4.83. The highest BCUT2D eigenvalue weighted by molar-refractivity contribution is 7.88. The molecular formula is C20H30N2O5S. The largest absolute Gasteiger partial charge is 0.489 e. The smallest absolute Gasteiger partial charge is 0.257 e. The molecule has 1 amide bonds. The first-order valence-corrected chi connectivity index (χ1v) is 11.8. The standard InChI is InChI=1S/C20H30N2O5S/c1-3-21(15-17-7-6-14-26-17)20(23)18-8-4-5-9-19(18)27-16-10-12-22(13-11-16)28(2,24)25/h4-5,8-9,16-17H,3,6-7,10-15H2,1-2H3/t17-/m1/s1. The second kappa shape index (κ2) is 9.24. The van der Waals surface area contributed by atoms with Gasteiger partial charge in [0.25, 0.3) is 5.91 Å². The third kappa shape index (κ3) is 5.24. The number of carbonyl (C=O) groups is 1. The first-order valence-electron chi connectivity index (χ1n) is 10.00. The van der Waals surface area contributed by atoms with Crippen molar-refractivity contribution in [2.24, 2.45) is 0 Å². The van der Waals surface area contributed by atoms with Gasteiger partial charge in [-0.3, -0.25) is 4.79 Å². The van der Waals surface area contributed by atoms with Crippen LogP contribution < -0.4 is 4.74 Å². The van der Waals surface area contributed by atoms with Crippen LogP contribution >= 0.6 is 0 Å². The number of carbonyl (C=O) groups excluding carboxylic acids is 1. The van der Waals surface area contributed by atoms with Crippen molar-refractivity contribution in [2.75, 3.05) is 39.0 Å². The average Bonchev–Trinajstić information content (AvgIpc) is 3.19. The lowest BCUT2D eigenvalue weighted by Gasteiger charge is -2.31. The molecule has 0 N–H and O–H groups in total. The number of benzene rings is 1. The fourth-order valence-electron chi connectivity index (χ4n) is 3.77. The summed E-state index contributed by atoms with van der Waals surface area (Å²) in [5, 5.41) is 0. The van der Waals surface area contributed by atoms with Gasteiger partial charge in [0, 0.05) is 32.8 Å². The van der Waals surface area contributed by atoms with Crippen LogP contribution in [0.25, 0.3) is 0 Å². The fourth-order valence-corrected chi connectivity index (χ4v) is 4.64. The van der Waals surface area contributed by atoms with E-state index < -0.39 is 10.0 Å². The molecule has 28 heavy (non-hydrogen) atoms. The molecule has 1 aromatic carbocycles. The summed E-state index contributed by atoms with van der Waals surface area (Å²) in [5.74, 6) is 0.512. The van der Waals surface area contributed by atoms with Crippen LogP contribution in [0.15, 0.2) is 24.3 Å². The minimum atomic E-state index is -3.16. The van der Waals surface area contributed by atoms with Gasteiger partial charge in [-0.25, -0.2) is 12.7 Å². The second-order valence-corrected chi connectivity index (χ2v) is 9.44. The Kier molecular flexibility index (Phi) is 6.95. The molecule has 1 aromatic rings. The predicted molar refractivity (Wildman–Crippen MR) is 107 cm³/mol. The molecule has 1 atom stereocenters. The Morgan fingerprint density at radius 1 is 1.25 bits per heavy atom. The zero-order valence-corrected chi connectivity index (χ0v) is 17.5. The van der Waals surface area contributed by atoms with E-state index in [1.165, 1.54) is 10.6 Å². The highest BCUT2D eigenvalue weighted by Gasteiger charge is 2.28. The lowest BCUT2D eigenvalue weighted by molar-refractivity contribution is 0.0532. The van der Waals surface area contributed by atoms with Crippen LogP contribution in [-0.2, 0) is 14.8 Å². The SMILES string of the molecule is CCN(C[C@H]1CCCO1)C(=O)c1ccccc1OC1CCN(S(C)(=O)=O)CC1. The van der Waals surface area contributed by atoms with E-state index in [0.717, 1.165) is 19.4 Å². The maximum Gasteiger partial charge on any atom is 0.257 e. The molecule has 0 radical (unpaired) electrons. The van der Waals surface area contributed by atoms with E-state index in [4.69, 9.17) is 9.47 Å². The van der Waals surface area contributed by atoms with Crippen molar-refractivity contribution in [1.82, 2.24) is 9.21 Å². The van der Waals surface area contributed by atoms with Crippen LogP contribution in [-0.4, -0.2) is 74.8 Å². The Bertz CT molecular complexity index is 769. The Morgan fingerprint density at radius 2 is 1.96 bits per heavy atom. The van der Waals surface area contributed by atoms with Gasteiger partial charge in [0.15, 0.2) is 0 Å². The third-order valence-corrected chi connectivity index (χ3v) is 6.70. The topological polar surface area (TPSA) is 76.2 Å². The molecule has 8 heteroatoms. The molecule has 0 bridgehead atoms. The van der Waals surface area contributed by atoms with Crippen LogP contribution in [0.5, 0.6) is 5.75 Å². The van der Waals surface area contributed by atoms with Gasteiger partial charge in [-0.05, 0) is 44.7 Å². The summed E-state index contributed by atoms with van der Waals surface area (Å²) < 4.78 is 36.6. The van der Waals surface area contributed by atoms with Crippen molar-refractivity contribution in [3.05, 3.63) is 29.8 Å². The predicted octanol–water partition coefficient (Wildman–Crippen LogP) is 2.13. The quantitative estimate of drug-likeness (QED) is 0.688. The van der Waals surface area contributed by atoms with Crippen molar-refractivity contribution in [3.8, 4) is 5.75 Å². The number of para-hydroxylation sites is 1. The number of amides is 1. The highest BCUT2D eigenvalue weighted by Crippen LogP contribution is 2.25. The molecule has 156 valence electrons. The van der Waals surface area contributed by atoms with Crippen LogP contribution in [0.3, 0.4) is 0 Å². The van der Waals surface area contributed by atoms with Gasteiger partial charge >= 0.3 is 0 Å². The molecule has 0 saturated carbocycles. The monoisotopic (exact) mass is 410 g/mol. The Labute approximate surface area is 167 Å². The Morgan fingerprint density at radius 3 is 2.57 bits per heavy atom. The molecular weight excluding hydrogens is 380 g/mol. The van der Waals surface area contributed by atoms with E-state index >= 15 is 0 Å². The summed E-state index contributed by atoms with van der Waals surface area (Å²) in [7, 11) is -3.16. The van der Waals surface area contributed by atoms with E-state index in [2.05, 4.69) is 0 Å². The van der Waals surface area contributed by atoms with Gasteiger partial charge in [0.05, 0.1) is 17.9 Å². The van der Waals surface area contributed by atoms with Crippen molar-refractivity contribution in [1.29, 1.82) is 0 Å². The molecule has 2 aliphatic heterocycles. The van der Waals surface area contributed by atoms with Crippen molar-refractivity contribution in [2.45, 2.75) is 44.8 Å². The molecule has 2 aliphatic rings. The number of hydrogen-bond donors (Lipinski definition) is 0. The average molecular weight is 411 g/mol. The van der Waals surface area contributed by atoms with E-state index in [1.54, 1.807) is 6.07 Å². The zero-order chi connectivity index (χ0) is 20.1. The molecule has 0 unspecified atom stereocenters. The minimum absolute atomic E-state index is 0.0535. The van der Waals surface area contributed by atoms with Crippen molar-refractivity contribution >= 4 is 15.9 Å². The number of sulfonamides is 1. The number of nitrogens with zero attached hydrogens (tertiary/aromatic N) is 2. The highest BCUT2D eigenvalue weighted by atomic mass is 32.2. The Balaban J connectivity index is 1.66. The number of piperidine rings is 1. The lowest BCUT2D eigenvalue weighted by atomic mass is 10.1. The summed E-state index contributed by atoms with van der Waals surface area (Å²) >= 11 is 0. The molecule has 2 fully saturated rings. The Hall–Kier alpha value is -1.64. The van der Waals surface area contributed by atoms with Gasteiger partial charge in [0.2, 0.25) is 10.0 Å². The van der Waals surface area contributed by atoms with Crippen LogP contribution in [0.2, 0.25) is 0 Å². The lowest BCUT2D eigenvalue weighted by Crippen LogP contribution is -2.41. The van der Waals surface area contributed by atoms with Crippen molar-refractivity contribution in [3.63, 3.8) is 0 Å².